The molecule has 7 nitrogen and oxygen atoms in total. The van der Waals surface area contributed by atoms with Crippen LogP contribution in [-0.2, 0) is 4.79 Å². The van der Waals surface area contributed by atoms with Crippen molar-refractivity contribution in [2.75, 3.05) is 11.6 Å². The minimum absolute atomic E-state index is 0.129. The zero-order valence-electron chi connectivity index (χ0n) is 9.71. The Kier molecular flexibility index (Phi) is 4.40. The Morgan fingerprint density at radius 3 is 2.95 bits per heavy atom. The van der Waals surface area contributed by atoms with Crippen molar-refractivity contribution >= 4 is 33.6 Å². The van der Waals surface area contributed by atoms with E-state index in [0.717, 1.165) is 21.8 Å². The summed E-state index contributed by atoms with van der Waals surface area (Å²) in [4.78, 5) is 11.1. The summed E-state index contributed by atoms with van der Waals surface area (Å²) in [6.07, 6.45) is 0. The summed E-state index contributed by atoms with van der Waals surface area (Å²) in [5.74, 6) is 11.2. The molecule has 0 aliphatic rings. The molecule has 5 N–H and O–H groups in total. The fourth-order valence-corrected chi connectivity index (χ4v) is 2.44. The topological polar surface area (TPSA) is 112 Å². The minimum Gasteiger partial charge on any atom is -0.335 e. The molecule has 1 heterocycles. The fourth-order valence-electron chi connectivity index (χ4n) is 1.37. The van der Waals surface area contributed by atoms with E-state index in [1.54, 1.807) is 0 Å². The van der Waals surface area contributed by atoms with Gasteiger partial charge < -0.3 is 5.84 Å². The smallest absolute Gasteiger partial charge is 0.244 e. The molecule has 0 spiro atoms. The van der Waals surface area contributed by atoms with E-state index < -0.39 is 0 Å². The van der Waals surface area contributed by atoms with Gasteiger partial charge in [-0.25, -0.2) is 10.5 Å². The number of halogens is 1. The first-order valence-corrected chi connectivity index (χ1v) is 6.98. The molecule has 0 saturated heterocycles. The quantitative estimate of drug-likeness (QED) is 0.323. The number of thioether (sulfide) groups is 1. The first-order chi connectivity index (χ1) is 9.11. The molecule has 1 aromatic carbocycles. The Labute approximate surface area is 121 Å². The zero-order valence-corrected chi connectivity index (χ0v) is 12.1. The largest absolute Gasteiger partial charge is 0.335 e. The lowest BCUT2D eigenvalue weighted by atomic mass is 10.2. The van der Waals surface area contributed by atoms with E-state index in [-0.39, 0.29) is 11.7 Å². The van der Waals surface area contributed by atoms with Crippen LogP contribution in [0.4, 0.5) is 0 Å². The van der Waals surface area contributed by atoms with Crippen LogP contribution in [0.2, 0.25) is 0 Å². The van der Waals surface area contributed by atoms with E-state index in [0.29, 0.717) is 11.0 Å². The third-order valence-electron chi connectivity index (χ3n) is 2.24. The average molecular weight is 343 g/mol. The molecule has 2 rings (SSSR count). The number of amides is 1. The predicted molar refractivity (Wildman–Crippen MR) is 76.4 cm³/mol. The van der Waals surface area contributed by atoms with Gasteiger partial charge in [-0.05, 0) is 12.1 Å². The SMILES string of the molecule is NNC(=O)CSc1nnc(-c2cccc(Br)c2)n1N. The van der Waals surface area contributed by atoms with E-state index in [2.05, 4.69) is 26.1 Å². The zero-order chi connectivity index (χ0) is 13.8. The van der Waals surface area contributed by atoms with Crippen LogP contribution in [0, 0.1) is 0 Å². The van der Waals surface area contributed by atoms with E-state index in [1.807, 2.05) is 29.7 Å². The number of rotatable bonds is 4. The number of carbonyl (C=O) groups is 1. The van der Waals surface area contributed by atoms with E-state index in [4.69, 9.17) is 11.7 Å². The van der Waals surface area contributed by atoms with Crippen molar-refractivity contribution in [1.82, 2.24) is 20.3 Å². The van der Waals surface area contributed by atoms with Gasteiger partial charge in [-0.15, -0.1) is 10.2 Å². The summed E-state index contributed by atoms with van der Waals surface area (Å²) in [7, 11) is 0. The van der Waals surface area contributed by atoms with Gasteiger partial charge in [-0.2, -0.15) is 0 Å². The molecule has 0 saturated carbocycles. The summed E-state index contributed by atoms with van der Waals surface area (Å²) >= 11 is 4.54. The molecule has 0 fully saturated rings. The lowest BCUT2D eigenvalue weighted by Gasteiger charge is -2.03. The molecule has 0 unspecified atom stereocenters. The first kappa shape index (κ1) is 13.8. The van der Waals surface area contributed by atoms with E-state index in [9.17, 15) is 4.79 Å². The van der Waals surface area contributed by atoms with E-state index in [1.165, 1.54) is 4.68 Å². The number of nitrogens with two attached hydrogens (primary N) is 2. The first-order valence-electron chi connectivity index (χ1n) is 5.20. The molecule has 9 heteroatoms. The van der Waals surface area contributed by atoms with Crippen molar-refractivity contribution in [1.29, 1.82) is 0 Å². The average Bonchev–Trinajstić information content (AvgIpc) is 2.77. The normalized spacial score (nSPS) is 10.4. The molecule has 1 aromatic heterocycles. The number of hydrogen-bond acceptors (Lipinski definition) is 6. The lowest BCUT2D eigenvalue weighted by Crippen LogP contribution is -2.31. The summed E-state index contributed by atoms with van der Waals surface area (Å²) in [5.41, 5.74) is 2.87. The second-order valence-electron chi connectivity index (χ2n) is 3.54. The monoisotopic (exact) mass is 342 g/mol. The third kappa shape index (κ3) is 3.25. The van der Waals surface area contributed by atoms with Crippen molar-refractivity contribution in [2.24, 2.45) is 5.84 Å². The molecule has 100 valence electrons. The molecule has 0 aliphatic carbocycles. The van der Waals surface area contributed by atoms with Gasteiger partial charge in [0.1, 0.15) is 0 Å². The predicted octanol–water partition coefficient (Wildman–Crippen LogP) is 0.503. The van der Waals surface area contributed by atoms with Gasteiger partial charge in [0, 0.05) is 10.0 Å². The Balaban J connectivity index is 2.21. The number of hydrogen-bond donors (Lipinski definition) is 3. The summed E-state index contributed by atoms with van der Waals surface area (Å²) in [6.45, 7) is 0. The molecular formula is C10H11BrN6OS. The molecule has 19 heavy (non-hydrogen) atoms. The van der Waals surface area contributed by atoms with Crippen LogP contribution in [0.15, 0.2) is 33.9 Å². The Morgan fingerprint density at radius 2 is 2.26 bits per heavy atom. The third-order valence-corrected chi connectivity index (χ3v) is 3.68. The van der Waals surface area contributed by atoms with Crippen LogP contribution in [0.3, 0.4) is 0 Å². The van der Waals surface area contributed by atoms with Crippen molar-refractivity contribution in [3.05, 3.63) is 28.7 Å². The van der Waals surface area contributed by atoms with Gasteiger partial charge in [-0.1, -0.05) is 39.8 Å². The molecule has 0 atom stereocenters. The molecule has 0 bridgehead atoms. The van der Waals surface area contributed by atoms with Gasteiger partial charge >= 0.3 is 0 Å². The molecular weight excluding hydrogens is 332 g/mol. The summed E-state index contributed by atoms with van der Waals surface area (Å²) in [5, 5.41) is 8.40. The number of aromatic nitrogens is 3. The maximum absolute atomic E-state index is 11.1. The van der Waals surface area contributed by atoms with Gasteiger partial charge in [0.15, 0.2) is 5.82 Å². The standard InChI is InChI=1S/C10H11BrN6OS/c11-7-3-1-2-6(4-7)9-15-16-10(17(9)13)19-5-8(18)14-12/h1-4H,5,12-13H2,(H,14,18). The maximum atomic E-state index is 11.1. The van der Waals surface area contributed by atoms with Crippen molar-refractivity contribution in [3.8, 4) is 11.4 Å². The van der Waals surface area contributed by atoms with Gasteiger partial charge in [-0.3, -0.25) is 10.2 Å². The van der Waals surface area contributed by atoms with Crippen LogP contribution in [0.25, 0.3) is 11.4 Å². The van der Waals surface area contributed by atoms with Crippen molar-refractivity contribution in [2.45, 2.75) is 5.16 Å². The molecule has 0 radical (unpaired) electrons. The second kappa shape index (κ2) is 6.04. The molecule has 1 amide bonds. The molecule has 0 aliphatic heterocycles. The van der Waals surface area contributed by atoms with Crippen LogP contribution >= 0.6 is 27.7 Å². The maximum Gasteiger partial charge on any atom is 0.244 e. The number of hydrazine groups is 1. The second-order valence-corrected chi connectivity index (χ2v) is 5.40. The highest BCUT2D eigenvalue weighted by molar-refractivity contribution is 9.10. The summed E-state index contributed by atoms with van der Waals surface area (Å²) in [6, 6.07) is 7.54. The van der Waals surface area contributed by atoms with Crippen LogP contribution in [0.5, 0.6) is 0 Å². The van der Waals surface area contributed by atoms with Gasteiger partial charge in [0.25, 0.3) is 0 Å². The Hall–Kier alpha value is -1.58. The number of benzene rings is 1. The van der Waals surface area contributed by atoms with E-state index >= 15 is 0 Å². The van der Waals surface area contributed by atoms with Gasteiger partial charge in [0.05, 0.1) is 5.75 Å². The Bertz CT molecular complexity index is 601. The van der Waals surface area contributed by atoms with Crippen LogP contribution in [0.1, 0.15) is 0 Å². The fraction of sp³-hybridized carbons (Fsp3) is 0.100. The number of nitrogens with one attached hydrogen (secondary N) is 1. The highest BCUT2D eigenvalue weighted by atomic mass is 79.9. The van der Waals surface area contributed by atoms with Crippen LogP contribution < -0.4 is 17.1 Å². The van der Waals surface area contributed by atoms with Crippen molar-refractivity contribution < 1.29 is 4.79 Å². The van der Waals surface area contributed by atoms with Crippen LogP contribution in [-0.4, -0.2) is 26.5 Å². The highest BCUT2D eigenvalue weighted by Gasteiger charge is 2.13. The summed E-state index contributed by atoms with van der Waals surface area (Å²) < 4.78 is 2.26. The highest BCUT2D eigenvalue weighted by Crippen LogP contribution is 2.23. The van der Waals surface area contributed by atoms with Crippen molar-refractivity contribution in [3.63, 3.8) is 0 Å². The number of nitrogens with zero attached hydrogens (tertiary/aromatic N) is 3. The Morgan fingerprint density at radius 1 is 1.47 bits per heavy atom. The molecule has 2 aromatic rings. The number of nitrogen functional groups attached to an aromatic ring is 1. The lowest BCUT2D eigenvalue weighted by molar-refractivity contribution is -0.118. The minimum atomic E-state index is -0.308. The van der Waals surface area contributed by atoms with Gasteiger partial charge in [0.2, 0.25) is 11.1 Å². The number of carbonyl (C=O) groups excluding carboxylic acids is 1.